The molecule has 1 aromatic carbocycles. The maximum Gasteiger partial charge on any atom is 0.135 e. The molecule has 4 fully saturated rings. The van der Waals surface area contributed by atoms with Crippen molar-refractivity contribution in [2.75, 3.05) is 31.6 Å². The third kappa shape index (κ3) is 2.79. The molecule has 5 heterocycles. The van der Waals surface area contributed by atoms with Gasteiger partial charge >= 0.3 is 0 Å². The van der Waals surface area contributed by atoms with Gasteiger partial charge in [-0.3, -0.25) is 4.90 Å². The van der Waals surface area contributed by atoms with Crippen LogP contribution in [0.1, 0.15) is 42.6 Å². The van der Waals surface area contributed by atoms with Crippen molar-refractivity contribution in [3.63, 3.8) is 0 Å². The van der Waals surface area contributed by atoms with Crippen LogP contribution in [0, 0.1) is 12.8 Å². The van der Waals surface area contributed by atoms with Crippen LogP contribution >= 0.6 is 0 Å². The van der Waals surface area contributed by atoms with Crippen LogP contribution in [-0.4, -0.2) is 53.7 Å². The van der Waals surface area contributed by atoms with E-state index in [1.165, 1.54) is 42.9 Å². The molecule has 0 unspecified atom stereocenters. The van der Waals surface area contributed by atoms with Crippen LogP contribution in [-0.2, 0) is 6.42 Å². The third-order valence-electron chi connectivity index (χ3n) is 7.15. The lowest BCUT2D eigenvalue weighted by Crippen LogP contribution is -2.60. The summed E-state index contributed by atoms with van der Waals surface area (Å²) in [6.07, 6.45) is 5.65. The number of anilines is 1. The number of ether oxygens (including phenoxy) is 1. The fourth-order valence-corrected chi connectivity index (χ4v) is 5.79. The average Bonchev–Trinajstić information content (AvgIpc) is 3.17. The fourth-order valence-electron chi connectivity index (χ4n) is 5.79. The molecule has 5 heteroatoms. The topological polar surface area (TPSA) is 41.5 Å². The Balaban J connectivity index is 1.56. The zero-order valence-electron chi connectivity index (χ0n) is 17.1. The first-order valence-corrected chi connectivity index (χ1v) is 10.7. The van der Waals surface area contributed by atoms with Gasteiger partial charge in [-0.2, -0.15) is 0 Å². The van der Waals surface area contributed by atoms with Crippen molar-refractivity contribution in [1.82, 2.24) is 14.9 Å². The molecule has 4 aliphatic rings. The second-order valence-electron chi connectivity index (χ2n) is 8.51. The van der Waals surface area contributed by atoms with Crippen molar-refractivity contribution < 1.29 is 4.74 Å². The van der Waals surface area contributed by atoms with Gasteiger partial charge in [-0.1, -0.05) is 19.1 Å². The van der Waals surface area contributed by atoms with Crippen LogP contribution in [0.4, 0.5) is 5.82 Å². The van der Waals surface area contributed by atoms with Crippen molar-refractivity contribution in [3.8, 4) is 5.75 Å². The molecule has 28 heavy (non-hydrogen) atoms. The number of aryl methyl sites for hydroxylation is 2. The van der Waals surface area contributed by atoms with Crippen molar-refractivity contribution in [2.45, 2.75) is 51.1 Å². The molecule has 148 valence electrons. The van der Waals surface area contributed by atoms with Gasteiger partial charge in [0.15, 0.2) is 0 Å². The summed E-state index contributed by atoms with van der Waals surface area (Å²) in [5.41, 5.74) is 2.70. The van der Waals surface area contributed by atoms with Gasteiger partial charge in [0.25, 0.3) is 0 Å². The smallest absolute Gasteiger partial charge is 0.135 e. The van der Waals surface area contributed by atoms with Crippen molar-refractivity contribution in [1.29, 1.82) is 0 Å². The summed E-state index contributed by atoms with van der Waals surface area (Å²) in [5, 5.41) is 0. The Morgan fingerprint density at radius 3 is 2.54 bits per heavy atom. The second-order valence-corrected chi connectivity index (χ2v) is 8.51. The van der Waals surface area contributed by atoms with Crippen LogP contribution in [0.3, 0.4) is 0 Å². The van der Waals surface area contributed by atoms with E-state index < -0.39 is 0 Å². The van der Waals surface area contributed by atoms with E-state index in [2.05, 4.69) is 46.0 Å². The number of aromatic nitrogens is 2. The van der Waals surface area contributed by atoms with E-state index in [0.29, 0.717) is 18.0 Å². The Kier molecular flexibility index (Phi) is 4.50. The molecule has 0 saturated carbocycles. The Morgan fingerprint density at radius 1 is 1.11 bits per heavy atom. The lowest BCUT2D eigenvalue weighted by Gasteiger charge is -2.51. The summed E-state index contributed by atoms with van der Waals surface area (Å²) in [5.74, 6) is 4.27. The maximum atomic E-state index is 5.38. The average molecular weight is 379 g/mol. The fraction of sp³-hybridized carbons (Fsp3) is 0.565. The molecule has 2 aromatic rings. The number of piperidine rings is 3. The van der Waals surface area contributed by atoms with E-state index >= 15 is 0 Å². The Bertz CT molecular complexity index is 844. The lowest BCUT2D eigenvalue weighted by atomic mass is 9.75. The second kappa shape index (κ2) is 7.03. The minimum atomic E-state index is 0.513. The molecule has 1 aromatic heterocycles. The first-order chi connectivity index (χ1) is 13.7. The largest absolute Gasteiger partial charge is 0.497 e. The number of benzene rings is 1. The molecule has 0 radical (unpaired) electrons. The standard InChI is InChI=1S/C23H30N4O/c1-4-16-13-24-15(2)25-23(16)27-14-20(17-5-7-19(28-3)8-6-17)22-21(27)18-9-11-26(22)12-10-18/h5-8,13,18,20-22H,4,9-12,14H2,1-3H3/t20-,21+,22+/m0/s1. The van der Waals surface area contributed by atoms with E-state index in [-0.39, 0.29) is 0 Å². The van der Waals surface area contributed by atoms with Gasteiger partial charge in [-0.15, -0.1) is 0 Å². The highest BCUT2D eigenvalue weighted by Crippen LogP contribution is 2.48. The summed E-state index contributed by atoms with van der Waals surface area (Å²) in [4.78, 5) is 14.8. The summed E-state index contributed by atoms with van der Waals surface area (Å²) >= 11 is 0. The van der Waals surface area contributed by atoms with Gasteiger partial charge < -0.3 is 9.64 Å². The summed E-state index contributed by atoms with van der Waals surface area (Å²) in [6.45, 7) is 7.75. The van der Waals surface area contributed by atoms with E-state index in [4.69, 9.17) is 9.72 Å². The normalized spacial score (nSPS) is 31.1. The van der Waals surface area contributed by atoms with Crippen molar-refractivity contribution in [2.24, 2.45) is 5.92 Å². The number of nitrogens with zero attached hydrogens (tertiary/aromatic N) is 4. The van der Waals surface area contributed by atoms with Gasteiger partial charge in [-0.05, 0) is 62.9 Å². The van der Waals surface area contributed by atoms with E-state index in [1.54, 1.807) is 7.11 Å². The first kappa shape index (κ1) is 17.9. The predicted octanol–water partition coefficient (Wildman–Crippen LogP) is 3.42. The zero-order chi connectivity index (χ0) is 19.3. The van der Waals surface area contributed by atoms with Crippen LogP contribution in [0.5, 0.6) is 5.75 Å². The van der Waals surface area contributed by atoms with Gasteiger partial charge in [0.05, 0.1) is 7.11 Å². The molecule has 0 N–H and O–H groups in total. The minimum Gasteiger partial charge on any atom is -0.497 e. The summed E-state index contributed by atoms with van der Waals surface area (Å²) < 4.78 is 5.38. The highest BCUT2D eigenvalue weighted by atomic mass is 16.5. The molecule has 2 bridgehead atoms. The SMILES string of the molecule is CCc1cnc(C)nc1N1C[C@@H](c2ccc(OC)cc2)[C@@H]2[C@H]1C1CCN2CC1. The van der Waals surface area contributed by atoms with E-state index in [0.717, 1.165) is 30.5 Å². The minimum absolute atomic E-state index is 0.513. The van der Waals surface area contributed by atoms with Gasteiger partial charge in [-0.25, -0.2) is 9.97 Å². The van der Waals surface area contributed by atoms with Gasteiger partial charge in [0.2, 0.25) is 0 Å². The zero-order valence-corrected chi connectivity index (χ0v) is 17.1. The summed E-state index contributed by atoms with van der Waals surface area (Å²) in [6, 6.07) is 9.89. The Hall–Kier alpha value is -2.14. The van der Waals surface area contributed by atoms with Crippen LogP contribution in [0.2, 0.25) is 0 Å². The molecular formula is C23H30N4O. The summed E-state index contributed by atoms with van der Waals surface area (Å²) in [7, 11) is 1.73. The van der Waals surface area contributed by atoms with Crippen LogP contribution in [0.25, 0.3) is 0 Å². The number of hydrogen-bond acceptors (Lipinski definition) is 5. The quantitative estimate of drug-likeness (QED) is 0.815. The highest BCUT2D eigenvalue weighted by Gasteiger charge is 2.54. The Labute approximate surface area is 167 Å². The molecule has 4 aliphatic heterocycles. The van der Waals surface area contributed by atoms with E-state index in [1.807, 2.05) is 13.1 Å². The number of methoxy groups -OCH3 is 1. The molecule has 4 saturated heterocycles. The third-order valence-corrected chi connectivity index (χ3v) is 7.15. The van der Waals surface area contributed by atoms with Crippen LogP contribution < -0.4 is 9.64 Å². The molecule has 0 aliphatic carbocycles. The molecule has 0 amide bonds. The van der Waals surface area contributed by atoms with Crippen molar-refractivity contribution >= 4 is 5.82 Å². The number of rotatable bonds is 4. The van der Waals surface area contributed by atoms with Crippen molar-refractivity contribution in [3.05, 3.63) is 47.4 Å². The Morgan fingerprint density at radius 2 is 1.86 bits per heavy atom. The highest BCUT2D eigenvalue weighted by molar-refractivity contribution is 5.52. The van der Waals surface area contributed by atoms with Gasteiger partial charge in [0, 0.05) is 36.3 Å². The maximum absolute atomic E-state index is 5.38. The van der Waals surface area contributed by atoms with E-state index in [9.17, 15) is 0 Å². The molecule has 3 atom stereocenters. The van der Waals surface area contributed by atoms with Crippen LogP contribution in [0.15, 0.2) is 30.5 Å². The molecule has 5 nitrogen and oxygen atoms in total. The molecule has 6 rings (SSSR count). The molecule has 0 spiro atoms. The molecular weight excluding hydrogens is 348 g/mol. The first-order valence-electron chi connectivity index (χ1n) is 10.7. The number of fused-ring (bicyclic) bond motifs is 2. The predicted molar refractivity (Wildman–Crippen MR) is 111 cm³/mol. The number of hydrogen-bond donors (Lipinski definition) is 0. The monoisotopic (exact) mass is 378 g/mol. The van der Waals surface area contributed by atoms with Gasteiger partial charge in [0.1, 0.15) is 17.4 Å². The lowest BCUT2D eigenvalue weighted by molar-refractivity contribution is 0.0354.